The molecule has 25 heavy (non-hydrogen) atoms. The van der Waals surface area contributed by atoms with Gasteiger partial charge in [0.25, 0.3) is 0 Å². The molecule has 0 aliphatic heterocycles. The molecule has 136 valence electrons. The molecule has 4 aliphatic rings. The van der Waals surface area contributed by atoms with Crippen molar-refractivity contribution in [2.45, 2.75) is 65.7 Å². The van der Waals surface area contributed by atoms with E-state index in [1.54, 1.807) is 6.08 Å². The number of carbonyl (C=O) groups excluding carboxylic acids is 2. The first-order valence-corrected chi connectivity index (χ1v) is 10.2. The summed E-state index contributed by atoms with van der Waals surface area (Å²) in [4.78, 5) is 24.9. The zero-order valence-corrected chi connectivity index (χ0v) is 16.0. The predicted octanol–water partition coefficient (Wildman–Crippen LogP) is 5.14. The second kappa shape index (κ2) is 5.66. The number of ketones is 2. The molecule has 4 aliphatic carbocycles. The summed E-state index contributed by atoms with van der Waals surface area (Å²) in [7, 11) is 0. The van der Waals surface area contributed by atoms with Gasteiger partial charge < -0.3 is 0 Å². The van der Waals surface area contributed by atoms with Crippen LogP contribution in [-0.2, 0) is 9.59 Å². The number of carbonyl (C=O) groups is 2. The monoisotopic (exact) mass is 340 g/mol. The highest BCUT2D eigenvalue weighted by Crippen LogP contribution is 2.66. The Kier molecular flexibility index (Phi) is 3.90. The number of hydrogen-bond acceptors (Lipinski definition) is 2. The summed E-state index contributed by atoms with van der Waals surface area (Å²) in [5.74, 6) is 3.46. The largest absolute Gasteiger partial charge is 0.295 e. The topological polar surface area (TPSA) is 34.1 Å². The summed E-state index contributed by atoms with van der Waals surface area (Å²) in [6.07, 6.45) is 11.0. The minimum Gasteiger partial charge on any atom is -0.295 e. The van der Waals surface area contributed by atoms with Crippen LogP contribution in [0.5, 0.6) is 0 Å². The maximum Gasteiger partial charge on any atom is 0.159 e. The normalized spacial score (nSPS) is 47.4. The highest BCUT2D eigenvalue weighted by molar-refractivity contribution is 6.05. The number of rotatable bonds is 2. The van der Waals surface area contributed by atoms with Crippen molar-refractivity contribution in [2.75, 3.05) is 0 Å². The van der Waals surface area contributed by atoms with E-state index < -0.39 is 0 Å². The molecule has 0 radical (unpaired) electrons. The van der Waals surface area contributed by atoms with Crippen LogP contribution in [0.1, 0.15) is 65.7 Å². The van der Waals surface area contributed by atoms with Gasteiger partial charge >= 0.3 is 0 Å². The van der Waals surface area contributed by atoms with Gasteiger partial charge in [0.05, 0.1) is 0 Å². The van der Waals surface area contributed by atoms with Gasteiger partial charge in [-0.2, -0.15) is 0 Å². The van der Waals surface area contributed by atoms with Crippen LogP contribution in [0.4, 0.5) is 0 Å². The van der Waals surface area contributed by atoms with E-state index in [1.807, 2.05) is 0 Å². The van der Waals surface area contributed by atoms with Crippen LogP contribution in [0.2, 0.25) is 0 Å². The van der Waals surface area contributed by atoms with E-state index in [1.165, 1.54) is 25.7 Å². The van der Waals surface area contributed by atoms with Crippen LogP contribution < -0.4 is 0 Å². The summed E-state index contributed by atoms with van der Waals surface area (Å²) >= 11 is 0. The fourth-order valence-electron chi connectivity index (χ4n) is 7.46. The Morgan fingerprint density at radius 1 is 1.16 bits per heavy atom. The number of Topliss-reactive ketones (excluding diaryl/α,β-unsaturated/α-hetero) is 1. The molecule has 0 amide bonds. The molecular formula is C23H32O2. The molecule has 3 saturated carbocycles. The zero-order chi connectivity index (χ0) is 18.0. The maximum absolute atomic E-state index is 13.0. The van der Waals surface area contributed by atoms with Gasteiger partial charge in [0.2, 0.25) is 0 Å². The lowest BCUT2D eigenvalue weighted by atomic mass is 9.46. The predicted molar refractivity (Wildman–Crippen MR) is 100.0 cm³/mol. The zero-order valence-electron chi connectivity index (χ0n) is 16.0. The lowest BCUT2D eigenvalue weighted by molar-refractivity contribution is -0.131. The minimum atomic E-state index is -0.0582. The van der Waals surface area contributed by atoms with Gasteiger partial charge in [-0.3, -0.25) is 9.59 Å². The standard InChI is InChI=1S/C23H32O2/c1-5-14(2)17-6-7-18-16-13-21(25)20-12-15(24)8-10-23(20,4)19(16)9-11-22(17,18)3/h5,12,14,16-19H,1,6-11,13H2,2-4H3/t14?,16-,17+,18-,19-,22+,23+/m0/s1. The van der Waals surface area contributed by atoms with Crippen LogP contribution >= 0.6 is 0 Å². The summed E-state index contributed by atoms with van der Waals surface area (Å²) < 4.78 is 0. The van der Waals surface area contributed by atoms with Crippen LogP contribution in [0.15, 0.2) is 24.3 Å². The van der Waals surface area contributed by atoms with E-state index in [9.17, 15) is 9.59 Å². The van der Waals surface area contributed by atoms with Crippen molar-refractivity contribution in [3.63, 3.8) is 0 Å². The molecule has 2 heteroatoms. The van der Waals surface area contributed by atoms with E-state index in [-0.39, 0.29) is 17.0 Å². The maximum atomic E-state index is 13.0. The molecule has 4 rings (SSSR count). The molecule has 0 saturated heterocycles. The molecule has 0 heterocycles. The Balaban J connectivity index is 1.70. The molecule has 0 N–H and O–H groups in total. The average molecular weight is 341 g/mol. The second-order valence-electron chi connectivity index (χ2n) is 9.77. The van der Waals surface area contributed by atoms with Gasteiger partial charge in [0.1, 0.15) is 0 Å². The smallest absolute Gasteiger partial charge is 0.159 e. The van der Waals surface area contributed by atoms with Gasteiger partial charge in [-0.15, -0.1) is 6.58 Å². The van der Waals surface area contributed by atoms with Crippen molar-refractivity contribution in [3.05, 3.63) is 24.3 Å². The van der Waals surface area contributed by atoms with Gasteiger partial charge in [-0.25, -0.2) is 0 Å². The fourth-order valence-corrected chi connectivity index (χ4v) is 7.46. The summed E-state index contributed by atoms with van der Waals surface area (Å²) in [5, 5.41) is 0. The van der Waals surface area contributed by atoms with E-state index in [0.717, 1.165) is 12.0 Å². The van der Waals surface area contributed by atoms with Crippen molar-refractivity contribution in [3.8, 4) is 0 Å². The molecular weight excluding hydrogens is 308 g/mol. The summed E-state index contributed by atoms with van der Waals surface area (Å²) in [5.41, 5.74) is 1.16. The lowest BCUT2D eigenvalue weighted by Crippen LogP contribution is -2.53. The number of fused-ring (bicyclic) bond motifs is 5. The lowest BCUT2D eigenvalue weighted by Gasteiger charge is -2.57. The van der Waals surface area contributed by atoms with E-state index in [2.05, 4.69) is 33.4 Å². The van der Waals surface area contributed by atoms with Crippen LogP contribution in [0, 0.1) is 40.4 Å². The second-order valence-corrected chi connectivity index (χ2v) is 9.77. The Morgan fingerprint density at radius 2 is 1.92 bits per heavy atom. The molecule has 7 atom stereocenters. The first kappa shape index (κ1) is 17.2. The molecule has 3 fully saturated rings. The van der Waals surface area contributed by atoms with Gasteiger partial charge in [-0.1, -0.05) is 26.8 Å². The molecule has 0 bridgehead atoms. The van der Waals surface area contributed by atoms with Crippen LogP contribution in [0.25, 0.3) is 0 Å². The third-order valence-corrected chi connectivity index (χ3v) is 8.87. The molecule has 1 unspecified atom stereocenters. The molecule has 0 aromatic rings. The van der Waals surface area contributed by atoms with Crippen molar-refractivity contribution >= 4 is 11.6 Å². The van der Waals surface area contributed by atoms with Gasteiger partial charge in [0.15, 0.2) is 11.6 Å². The van der Waals surface area contributed by atoms with Crippen molar-refractivity contribution < 1.29 is 9.59 Å². The van der Waals surface area contributed by atoms with Crippen molar-refractivity contribution in [1.82, 2.24) is 0 Å². The Bertz CT molecular complexity index is 659. The molecule has 0 aromatic carbocycles. The number of allylic oxidation sites excluding steroid dienone is 2. The minimum absolute atomic E-state index is 0.0582. The third-order valence-electron chi connectivity index (χ3n) is 8.87. The van der Waals surface area contributed by atoms with Crippen LogP contribution in [0.3, 0.4) is 0 Å². The number of hydrogen-bond donors (Lipinski definition) is 0. The first-order chi connectivity index (χ1) is 11.8. The molecule has 0 spiro atoms. The van der Waals surface area contributed by atoms with E-state index in [4.69, 9.17) is 0 Å². The van der Waals surface area contributed by atoms with Gasteiger partial charge in [0, 0.05) is 18.4 Å². The average Bonchev–Trinajstić information content (AvgIpc) is 2.93. The quantitative estimate of drug-likeness (QED) is 0.653. The van der Waals surface area contributed by atoms with Crippen LogP contribution in [-0.4, -0.2) is 11.6 Å². The highest BCUT2D eigenvalue weighted by Gasteiger charge is 2.60. The summed E-state index contributed by atoms with van der Waals surface area (Å²) in [6, 6.07) is 0. The highest BCUT2D eigenvalue weighted by atomic mass is 16.1. The third kappa shape index (κ3) is 2.28. The SMILES string of the molecule is C=CC(C)[C@H]1CC[C@H]2[C@@H]3CC(=O)C4=CC(=O)CC[C@]4(C)[C@H]3CC[C@]12C. The summed E-state index contributed by atoms with van der Waals surface area (Å²) in [6.45, 7) is 11.1. The van der Waals surface area contributed by atoms with Crippen molar-refractivity contribution in [2.24, 2.45) is 40.4 Å². The Labute approximate surface area is 152 Å². The van der Waals surface area contributed by atoms with E-state index in [0.29, 0.717) is 47.8 Å². The molecule has 2 nitrogen and oxygen atoms in total. The Hall–Kier alpha value is -1.18. The van der Waals surface area contributed by atoms with E-state index >= 15 is 0 Å². The van der Waals surface area contributed by atoms with Gasteiger partial charge in [-0.05, 0) is 78.6 Å². The van der Waals surface area contributed by atoms with Crippen molar-refractivity contribution in [1.29, 1.82) is 0 Å². The fraction of sp³-hybridized carbons (Fsp3) is 0.739. The first-order valence-electron chi connectivity index (χ1n) is 10.2. The molecule has 0 aromatic heterocycles. The Morgan fingerprint density at radius 3 is 2.64 bits per heavy atom.